The molecule has 0 aromatic carbocycles. The first-order chi connectivity index (χ1) is 10.4. The lowest BCUT2D eigenvalue weighted by molar-refractivity contribution is 0.192. The number of hydrogen-bond acceptors (Lipinski definition) is 5. The summed E-state index contributed by atoms with van der Waals surface area (Å²) in [6, 6.07) is 0. The number of H-pyrrole nitrogens is 1. The van der Waals surface area contributed by atoms with Crippen LogP contribution in [0.3, 0.4) is 0 Å². The van der Waals surface area contributed by atoms with E-state index in [-0.39, 0.29) is 0 Å². The third-order valence-corrected chi connectivity index (χ3v) is 4.50. The minimum absolute atomic E-state index is 0.306. The van der Waals surface area contributed by atoms with Gasteiger partial charge in [0, 0.05) is 31.1 Å². The van der Waals surface area contributed by atoms with Crippen molar-refractivity contribution in [3.63, 3.8) is 0 Å². The van der Waals surface area contributed by atoms with Crippen molar-refractivity contribution in [2.75, 3.05) is 13.2 Å². The Morgan fingerprint density at radius 1 is 1.19 bits per heavy atom. The zero-order valence-electron chi connectivity index (χ0n) is 12.1. The Morgan fingerprint density at radius 3 is 3.05 bits per heavy atom. The Hall–Kier alpha value is -1.69. The van der Waals surface area contributed by atoms with Crippen LogP contribution in [-0.4, -0.2) is 33.6 Å². The van der Waals surface area contributed by atoms with Crippen LogP contribution in [-0.2, 0) is 30.4 Å². The molecule has 3 heterocycles. The van der Waals surface area contributed by atoms with E-state index in [1.807, 2.05) is 0 Å². The van der Waals surface area contributed by atoms with Crippen LogP contribution in [0.2, 0.25) is 0 Å². The van der Waals surface area contributed by atoms with E-state index in [0.29, 0.717) is 18.4 Å². The van der Waals surface area contributed by atoms with Gasteiger partial charge in [0.25, 0.3) is 0 Å². The van der Waals surface area contributed by atoms with Gasteiger partial charge < -0.3 is 9.26 Å². The summed E-state index contributed by atoms with van der Waals surface area (Å²) < 4.78 is 10.7. The van der Waals surface area contributed by atoms with Gasteiger partial charge in [0.2, 0.25) is 5.89 Å². The molecule has 2 aliphatic rings. The molecule has 1 atom stereocenters. The van der Waals surface area contributed by atoms with Crippen LogP contribution in [0.5, 0.6) is 0 Å². The van der Waals surface area contributed by atoms with Crippen LogP contribution < -0.4 is 0 Å². The van der Waals surface area contributed by atoms with Crippen LogP contribution in [0.4, 0.5) is 0 Å². The van der Waals surface area contributed by atoms with Gasteiger partial charge in [0.05, 0.1) is 12.3 Å². The quantitative estimate of drug-likeness (QED) is 0.930. The molecule has 4 rings (SSSR count). The summed E-state index contributed by atoms with van der Waals surface area (Å²) in [5, 5.41) is 11.7. The number of aromatic amines is 1. The van der Waals surface area contributed by atoms with Crippen LogP contribution in [0.15, 0.2) is 4.52 Å². The summed E-state index contributed by atoms with van der Waals surface area (Å²) >= 11 is 0. The molecule has 0 saturated carbocycles. The first-order valence-electron chi connectivity index (χ1n) is 7.85. The highest BCUT2D eigenvalue weighted by molar-refractivity contribution is 5.27. The van der Waals surface area contributed by atoms with Crippen LogP contribution in [0, 0.1) is 0 Å². The minimum Gasteiger partial charge on any atom is -0.381 e. The fourth-order valence-corrected chi connectivity index (χ4v) is 3.26. The molecule has 1 N–H and O–H groups in total. The van der Waals surface area contributed by atoms with E-state index in [9.17, 15) is 0 Å². The van der Waals surface area contributed by atoms with Crippen molar-refractivity contribution in [3.8, 4) is 0 Å². The molecule has 1 aliphatic heterocycles. The number of aromatic nitrogens is 4. The molecule has 0 radical (unpaired) electrons. The van der Waals surface area contributed by atoms with Gasteiger partial charge >= 0.3 is 0 Å². The second-order valence-corrected chi connectivity index (χ2v) is 5.94. The molecule has 1 saturated heterocycles. The van der Waals surface area contributed by atoms with Crippen molar-refractivity contribution >= 4 is 0 Å². The van der Waals surface area contributed by atoms with Crippen molar-refractivity contribution < 1.29 is 9.26 Å². The predicted molar refractivity (Wildman–Crippen MR) is 75.1 cm³/mol. The Kier molecular flexibility index (Phi) is 3.47. The van der Waals surface area contributed by atoms with Crippen molar-refractivity contribution in [3.05, 3.63) is 28.7 Å². The highest BCUT2D eigenvalue weighted by Gasteiger charge is 2.23. The van der Waals surface area contributed by atoms with E-state index < -0.39 is 0 Å². The van der Waals surface area contributed by atoms with Gasteiger partial charge in [-0.25, -0.2) is 0 Å². The molecule has 21 heavy (non-hydrogen) atoms. The van der Waals surface area contributed by atoms with E-state index in [1.54, 1.807) is 0 Å². The van der Waals surface area contributed by atoms with Gasteiger partial charge in [-0.2, -0.15) is 10.1 Å². The lowest BCUT2D eigenvalue weighted by Gasteiger charge is -2.10. The normalized spacial score (nSPS) is 21.6. The molecular weight excluding hydrogens is 268 g/mol. The highest BCUT2D eigenvalue weighted by Crippen LogP contribution is 2.24. The van der Waals surface area contributed by atoms with Gasteiger partial charge in [-0.3, -0.25) is 5.10 Å². The zero-order valence-corrected chi connectivity index (χ0v) is 12.1. The van der Waals surface area contributed by atoms with Crippen molar-refractivity contribution in [2.45, 2.75) is 50.9 Å². The molecule has 6 nitrogen and oxygen atoms in total. The second-order valence-electron chi connectivity index (χ2n) is 5.94. The number of nitrogens with zero attached hydrogens (tertiary/aromatic N) is 3. The molecule has 2 aromatic heterocycles. The molecule has 2 aromatic rings. The fraction of sp³-hybridized carbons (Fsp3) is 0.667. The maximum atomic E-state index is 5.37. The van der Waals surface area contributed by atoms with Gasteiger partial charge in [0.15, 0.2) is 5.82 Å². The van der Waals surface area contributed by atoms with E-state index in [2.05, 4.69) is 20.3 Å². The molecular formula is C15H20N4O2. The van der Waals surface area contributed by atoms with Crippen LogP contribution in [0.25, 0.3) is 0 Å². The summed E-state index contributed by atoms with van der Waals surface area (Å²) in [6.45, 7) is 1.51. The molecule has 0 unspecified atom stereocenters. The Bertz CT molecular complexity index is 613. The molecule has 112 valence electrons. The smallest absolute Gasteiger partial charge is 0.227 e. The summed E-state index contributed by atoms with van der Waals surface area (Å²) in [5.41, 5.74) is 3.92. The molecule has 0 bridgehead atoms. The third-order valence-electron chi connectivity index (χ3n) is 4.50. The predicted octanol–water partition coefficient (Wildman–Crippen LogP) is 1.96. The van der Waals surface area contributed by atoms with E-state index in [4.69, 9.17) is 9.26 Å². The largest absolute Gasteiger partial charge is 0.381 e. The summed E-state index contributed by atoms with van der Waals surface area (Å²) in [7, 11) is 0. The Labute approximate surface area is 123 Å². The van der Waals surface area contributed by atoms with Crippen molar-refractivity contribution in [2.24, 2.45) is 0 Å². The van der Waals surface area contributed by atoms with Gasteiger partial charge in [-0.1, -0.05) is 5.16 Å². The average Bonchev–Trinajstić information content (AvgIpc) is 3.25. The molecule has 0 spiro atoms. The lowest BCUT2D eigenvalue weighted by atomic mass is 9.95. The zero-order chi connectivity index (χ0) is 14.1. The number of rotatable bonds is 4. The minimum atomic E-state index is 0.306. The van der Waals surface area contributed by atoms with Gasteiger partial charge in [-0.15, -0.1) is 0 Å². The summed E-state index contributed by atoms with van der Waals surface area (Å²) in [5.74, 6) is 1.82. The van der Waals surface area contributed by atoms with E-state index in [0.717, 1.165) is 44.5 Å². The van der Waals surface area contributed by atoms with Gasteiger partial charge in [0.1, 0.15) is 0 Å². The summed E-state index contributed by atoms with van der Waals surface area (Å²) in [6.07, 6.45) is 7.44. The topological polar surface area (TPSA) is 76.8 Å². The molecule has 6 heteroatoms. The summed E-state index contributed by atoms with van der Waals surface area (Å²) in [4.78, 5) is 4.51. The SMILES string of the molecule is C1CCc2c(CCc3nc([C@H]4CCOC4)no3)n[nH]c2C1. The van der Waals surface area contributed by atoms with Crippen molar-refractivity contribution in [1.29, 1.82) is 0 Å². The van der Waals surface area contributed by atoms with Gasteiger partial charge in [-0.05, 0) is 37.7 Å². The Morgan fingerprint density at radius 2 is 2.14 bits per heavy atom. The van der Waals surface area contributed by atoms with Crippen LogP contribution in [0.1, 0.15) is 53.8 Å². The standard InChI is InChI=1S/C15H20N4O2/c1-2-4-12-11(3-1)13(18-17-12)5-6-14-16-15(19-21-14)10-7-8-20-9-10/h10H,1-9H2,(H,17,18)/t10-/m0/s1. The van der Waals surface area contributed by atoms with E-state index in [1.165, 1.54) is 29.8 Å². The lowest BCUT2D eigenvalue weighted by Crippen LogP contribution is -2.04. The third kappa shape index (κ3) is 2.60. The second kappa shape index (κ2) is 5.60. The number of ether oxygens (including phenoxy) is 1. The monoisotopic (exact) mass is 288 g/mol. The number of hydrogen-bond donors (Lipinski definition) is 1. The fourth-order valence-electron chi connectivity index (χ4n) is 3.26. The van der Waals surface area contributed by atoms with Crippen LogP contribution >= 0.6 is 0 Å². The Balaban J connectivity index is 1.41. The molecule has 1 aliphatic carbocycles. The number of nitrogens with one attached hydrogen (secondary N) is 1. The highest BCUT2D eigenvalue weighted by atomic mass is 16.5. The first-order valence-corrected chi connectivity index (χ1v) is 7.85. The number of fused-ring (bicyclic) bond motifs is 1. The van der Waals surface area contributed by atoms with E-state index >= 15 is 0 Å². The maximum absolute atomic E-state index is 5.37. The maximum Gasteiger partial charge on any atom is 0.227 e. The average molecular weight is 288 g/mol. The first kappa shape index (κ1) is 13.0. The number of aryl methyl sites for hydroxylation is 3. The van der Waals surface area contributed by atoms with Crippen molar-refractivity contribution in [1.82, 2.24) is 20.3 Å². The molecule has 1 fully saturated rings. The molecule has 0 amide bonds.